The van der Waals surface area contributed by atoms with Crippen LogP contribution < -0.4 is 5.32 Å². The van der Waals surface area contributed by atoms with E-state index in [-0.39, 0.29) is 30.6 Å². The average Bonchev–Trinajstić information content (AvgIpc) is 2.41. The lowest BCUT2D eigenvalue weighted by molar-refractivity contribution is -0.147. The van der Waals surface area contributed by atoms with Gasteiger partial charge in [0.15, 0.2) is 0 Å². The van der Waals surface area contributed by atoms with Gasteiger partial charge in [0.1, 0.15) is 0 Å². The number of rotatable bonds is 7. The molecule has 1 aliphatic heterocycles. The number of carbonyl (C=O) groups excluding carboxylic acids is 2. The molecular formula is C14H26N2O4. The monoisotopic (exact) mass is 286 g/mol. The largest absolute Gasteiger partial charge is 0.394 e. The van der Waals surface area contributed by atoms with Crippen molar-refractivity contribution in [1.29, 1.82) is 0 Å². The van der Waals surface area contributed by atoms with Crippen molar-refractivity contribution in [3.63, 3.8) is 0 Å². The molecule has 2 unspecified atom stereocenters. The highest BCUT2D eigenvalue weighted by atomic mass is 16.5. The number of morpholine rings is 1. The molecule has 0 radical (unpaired) electrons. The molecule has 1 fully saturated rings. The second-order valence-corrected chi connectivity index (χ2v) is 5.34. The Morgan fingerprint density at radius 2 is 2.05 bits per heavy atom. The summed E-state index contributed by atoms with van der Waals surface area (Å²) in [7, 11) is 0. The lowest BCUT2D eigenvalue weighted by Gasteiger charge is -2.36. The topological polar surface area (TPSA) is 78.9 Å². The van der Waals surface area contributed by atoms with E-state index in [1.54, 1.807) is 4.90 Å². The summed E-state index contributed by atoms with van der Waals surface area (Å²) in [6, 6.07) is 0. The van der Waals surface area contributed by atoms with Crippen molar-refractivity contribution >= 4 is 11.8 Å². The molecule has 6 nitrogen and oxygen atoms in total. The van der Waals surface area contributed by atoms with Crippen molar-refractivity contribution in [2.45, 2.75) is 51.7 Å². The fourth-order valence-electron chi connectivity index (χ4n) is 2.35. The zero-order valence-electron chi connectivity index (χ0n) is 12.4. The molecule has 0 aliphatic carbocycles. The van der Waals surface area contributed by atoms with Crippen LogP contribution in [-0.2, 0) is 14.3 Å². The van der Waals surface area contributed by atoms with Crippen molar-refractivity contribution in [3.05, 3.63) is 0 Å². The number of unbranched alkanes of at least 4 members (excludes halogenated alkanes) is 2. The summed E-state index contributed by atoms with van der Waals surface area (Å²) in [4.78, 5) is 24.5. The van der Waals surface area contributed by atoms with Gasteiger partial charge in [-0.3, -0.25) is 9.59 Å². The van der Waals surface area contributed by atoms with Gasteiger partial charge in [0.2, 0.25) is 11.8 Å². The van der Waals surface area contributed by atoms with E-state index in [1.807, 2.05) is 6.92 Å². The predicted molar refractivity (Wildman–Crippen MR) is 75.2 cm³/mol. The van der Waals surface area contributed by atoms with Gasteiger partial charge in [-0.25, -0.2) is 0 Å². The van der Waals surface area contributed by atoms with Crippen LogP contribution in [0.4, 0.5) is 0 Å². The van der Waals surface area contributed by atoms with E-state index in [2.05, 4.69) is 5.32 Å². The molecular weight excluding hydrogens is 260 g/mol. The first-order chi connectivity index (χ1) is 9.52. The maximum atomic E-state index is 12.1. The Morgan fingerprint density at radius 1 is 1.30 bits per heavy atom. The van der Waals surface area contributed by atoms with Crippen LogP contribution in [0.1, 0.15) is 39.5 Å². The second-order valence-electron chi connectivity index (χ2n) is 5.34. The standard InChI is InChI=1S/C14H26N2O4/c1-11-8-16(9-13(10-17)20-11)14(19)6-4-3-5-7-15-12(2)18/h11,13,17H,3-10H2,1-2H3,(H,15,18). The summed E-state index contributed by atoms with van der Waals surface area (Å²) in [5, 5.41) is 11.9. The normalized spacial score (nSPS) is 22.6. The molecule has 2 atom stereocenters. The number of ether oxygens (including phenoxy) is 1. The van der Waals surface area contributed by atoms with Crippen LogP contribution >= 0.6 is 0 Å². The Hall–Kier alpha value is -1.14. The van der Waals surface area contributed by atoms with Crippen LogP contribution in [0.5, 0.6) is 0 Å². The lowest BCUT2D eigenvalue weighted by Crippen LogP contribution is -2.50. The molecule has 0 aromatic rings. The summed E-state index contributed by atoms with van der Waals surface area (Å²) in [5.74, 6) is 0.108. The Balaban J connectivity index is 2.17. The number of aliphatic hydroxyl groups excluding tert-OH is 1. The number of hydrogen-bond donors (Lipinski definition) is 2. The fourth-order valence-corrected chi connectivity index (χ4v) is 2.35. The summed E-state index contributed by atoms with van der Waals surface area (Å²) in [6.07, 6.45) is 2.88. The third-order valence-electron chi connectivity index (χ3n) is 3.32. The van der Waals surface area contributed by atoms with Gasteiger partial charge in [0, 0.05) is 33.0 Å². The highest BCUT2D eigenvalue weighted by molar-refractivity contribution is 5.76. The molecule has 0 spiro atoms. The lowest BCUT2D eigenvalue weighted by atomic mass is 10.1. The third kappa shape index (κ3) is 6.34. The van der Waals surface area contributed by atoms with Crippen LogP contribution in [-0.4, -0.2) is 60.3 Å². The number of nitrogens with one attached hydrogen (secondary N) is 1. The van der Waals surface area contributed by atoms with Crippen molar-refractivity contribution < 1.29 is 19.4 Å². The van der Waals surface area contributed by atoms with Crippen LogP contribution in [0.3, 0.4) is 0 Å². The summed E-state index contributed by atoms with van der Waals surface area (Å²) in [6.45, 7) is 5.11. The smallest absolute Gasteiger partial charge is 0.222 e. The van der Waals surface area contributed by atoms with Gasteiger partial charge in [0.05, 0.1) is 18.8 Å². The minimum absolute atomic E-state index is 0.0153. The number of hydrogen-bond acceptors (Lipinski definition) is 4. The molecule has 2 N–H and O–H groups in total. The first-order valence-electron chi connectivity index (χ1n) is 7.31. The zero-order chi connectivity index (χ0) is 15.0. The van der Waals surface area contributed by atoms with Gasteiger partial charge in [0.25, 0.3) is 0 Å². The second kappa shape index (κ2) is 8.92. The van der Waals surface area contributed by atoms with Gasteiger partial charge >= 0.3 is 0 Å². The Bertz CT molecular complexity index is 322. The van der Waals surface area contributed by atoms with E-state index in [0.29, 0.717) is 26.1 Å². The van der Waals surface area contributed by atoms with E-state index in [9.17, 15) is 9.59 Å². The van der Waals surface area contributed by atoms with Gasteiger partial charge in [-0.05, 0) is 19.8 Å². The third-order valence-corrected chi connectivity index (χ3v) is 3.32. The van der Waals surface area contributed by atoms with Crippen molar-refractivity contribution in [3.8, 4) is 0 Å². The Kier molecular flexibility index (Phi) is 7.54. The fraction of sp³-hybridized carbons (Fsp3) is 0.857. The van der Waals surface area contributed by atoms with Gasteiger partial charge in [-0.15, -0.1) is 0 Å². The average molecular weight is 286 g/mol. The van der Waals surface area contributed by atoms with E-state index in [4.69, 9.17) is 9.84 Å². The quantitative estimate of drug-likeness (QED) is 0.659. The molecule has 20 heavy (non-hydrogen) atoms. The van der Waals surface area contributed by atoms with Gasteiger partial charge in [-0.1, -0.05) is 6.42 Å². The van der Waals surface area contributed by atoms with E-state index in [0.717, 1.165) is 19.3 Å². The van der Waals surface area contributed by atoms with Gasteiger partial charge < -0.3 is 20.1 Å². The summed E-state index contributed by atoms with van der Waals surface area (Å²) in [5.41, 5.74) is 0. The molecule has 0 saturated carbocycles. The van der Waals surface area contributed by atoms with Crippen LogP contribution in [0.25, 0.3) is 0 Å². The minimum atomic E-state index is -0.262. The maximum Gasteiger partial charge on any atom is 0.222 e. The van der Waals surface area contributed by atoms with Crippen LogP contribution in [0.2, 0.25) is 0 Å². The molecule has 0 aromatic carbocycles. The molecule has 1 heterocycles. The molecule has 1 rings (SSSR count). The summed E-state index contributed by atoms with van der Waals surface area (Å²) >= 11 is 0. The predicted octanol–water partition coefficient (Wildman–Crippen LogP) is 0.291. The highest BCUT2D eigenvalue weighted by Gasteiger charge is 2.27. The van der Waals surface area contributed by atoms with Crippen LogP contribution in [0, 0.1) is 0 Å². The Morgan fingerprint density at radius 3 is 2.70 bits per heavy atom. The van der Waals surface area contributed by atoms with E-state index in [1.165, 1.54) is 6.92 Å². The summed E-state index contributed by atoms with van der Waals surface area (Å²) < 4.78 is 5.51. The van der Waals surface area contributed by atoms with E-state index < -0.39 is 0 Å². The molecule has 1 aliphatic rings. The van der Waals surface area contributed by atoms with Crippen molar-refractivity contribution in [2.75, 3.05) is 26.2 Å². The van der Waals surface area contributed by atoms with Crippen LogP contribution in [0.15, 0.2) is 0 Å². The van der Waals surface area contributed by atoms with Crippen molar-refractivity contribution in [2.24, 2.45) is 0 Å². The SMILES string of the molecule is CC(=O)NCCCCCC(=O)N1CC(C)OC(CO)C1. The minimum Gasteiger partial charge on any atom is -0.394 e. The number of amides is 2. The molecule has 0 aromatic heterocycles. The molecule has 0 bridgehead atoms. The first-order valence-corrected chi connectivity index (χ1v) is 7.31. The number of carbonyl (C=O) groups is 2. The van der Waals surface area contributed by atoms with E-state index >= 15 is 0 Å². The molecule has 2 amide bonds. The first kappa shape index (κ1) is 16.9. The maximum absolute atomic E-state index is 12.1. The van der Waals surface area contributed by atoms with Crippen molar-refractivity contribution in [1.82, 2.24) is 10.2 Å². The number of aliphatic hydroxyl groups is 1. The molecule has 1 saturated heterocycles. The molecule has 6 heteroatoms. The molecule has 116 valence electrons. The Labute approximate surface area is 120 Å². The van der Waals surface area contributed by atoms with Gasteiger partial charge in [-0.2, -0.15) is 0 Å². The number of nitrogens with zero attached hydrogens (tertiary/aromatic N) is 1. The zero-order valence-corrected chi connectivity index (χ0v) is 12.4. The highest BCUT2D eigenvalue weighted by Crippen LogP contribution is 2.13.